The summed E-state index contributed by atoms with van der Waals surface area (Å²) < 4.78 is 6.08. The van der Waals surface area contributed by atoms with Crippen molar-refractivity contribution in [1.29, 1.82) is 0 Å². The Morgan fingerprint density at radius 1 is 1.25 bits per heavy atom. The van der Waals surface area contributed by atoms with Gasteiger partial charge in [0.05, 0.1) is 12.0 Å². The van der Waals surface area contributed by atoms with E-state index in [1.54, 1.807) is 12.1 Å². The third kappa shape index (κ3) is 3.48. The summed E-state index contributed by atoms with van der Waals surface area (Å²) in [5, 5.41) is 14.1. The molecular weight excluding hydrogens is 324 g/mol. The summed E-state index contributed by atoms with van der Waals surface area (Å²) in [6.07, 6.45) is 0. The number of hydrogen-bond acceptors (Lipinski definition) is 4. The third-order valence-electron chi connectivity index (χ3n) is 2.80. The number of anilines is 1. The van der Waals surface area contributed by atoms with Gasteiger partial charge in [-0.05, 0) is 23.8 Å². The van der Waals surface area contributed by atoms with Crippen LogP contribution in [0, 0.1) is 10.1 Å². The smallest absolute Gasteiger partial charge is 0.292 e. The second-order valence-corrected chi connectivity index (χ2v) is 5.04. The Labute approximate surface area is 124 Å². The molecule has 0 heterocycles. The lowest BCUT2D eigenvalue weighted by Crippen LogP contribution is -2.03. The molecule has 0 fully saturated rings. The molecule has 1 N–H and O–H groups in total. The second kappa shape index (κ2) is 6.38. The predicted molar refractivity (Wildman–Crippen MR) is 81.1 cm³/mol. The van der Waals surface area contributed by atoms with Crippen LogP contribution in [0.4, 0.5) is 11.4 Å². The normalized spacial score (nSPS) is 10.1. The molecule has 0 atom stereocenters. The Morgan fingerprint density at radius 2 is 1.95 bits per heavy atom. The Morgan fingerprint density at radius 3 is 2.55 bits per heavy atom. The summed E-state index contributed by atoms with van der Waals surface area (Å²) in [7, 11) is 1.53. The quantitative estimate of drug-likeness (QED) is 0.662. The highest BCUT2D eigenvalue weighted by atomic mass is 79.9. The van der Waals surface area contributed by atoms with Gasteiger partial charge in [0.15, 0.2) is 0 Å². The number of hydrogen-bond donors (Lipinski definition) is 1. The molecular formula is C14H13BrN2O3. The van der Waals surface area contributed by atoms with Gasteiger partial charge in [-0.1, -0.05) is 28.1 Å². The lowest BCUT2D eigenvalue weighted by Gasteiger charge is -2.09. The van der Waals surface area contributed by atoms with Gasteiger partial charge in [0.25, 0.3) is 5.69 Å². The number of benzene rings is 2. The van der Waals surface area contributed by atoms with Crippen molar-refractivity contribution >= 4 is 27.3 Å². The number of nitrogens with zero attached hydrogens (tertiary/aromatic N) is 1. The first kappa shape index (κ1) is 14.3. The van der Waals surface area contributed by atoms with Crippen molar-refractivity contribution < 1.29 is 9.66 Å². The van der Waals surface area contributed by atoms with Gasteiger partial charge in [-0.25, -0.2) is 0 Å². The van der Waals surface area contributed by atoms with E-state index in [-0.39, 0.29) is 5.69 Å². The van der Waals surface area contributed by atoms with Crippen molar-refractivity contribution in [2.45, 2.75) is 6.54 Å². The Bertz CT molecular complexity index is 614. The van der Waals surface area contributed by atoms with E-state index in [4.69, 9.17) is 4.74 Å². The standard InChI is InChI=1S/C14H13BrN2O3/c1-20-12-6-7-14(17(18)19)13(8-12)16-9-10-2-4-11(15)5-3-10/h2-8,16H,9H2,1H3. The van der Waals surface area contributed by atoms with Gasteiger partial charge >= 0.3 is 0 Å². The summed E-state index contributed by atoms with van der Waals surface area (Å²) in [4.78, 5) is 10.6. The van der Waals surface area contributed by atoms with E-state index in [0.717, 1.165) is 10.0 Å². The Hall–Kier alpha value is -2.08. The van der Waals surface area contributed by atoms with E-state index in [0.29, 0.717) is 18.0 Å². The van der Waals surface area contributed by atoms with Gasteiger partial charge in [0.2, 0.25) is 0 Å². The number of nitrogens with one attached hydrogen (secondary N) is 1. The molecule has 0 aliphatic rings. The maximum absolute atomic E-state index is 11.0. The fraction of sp³-hybridized carbons (Fsp3) is 0.143. The van der Waals surface area contributed by atoms with Gasteiger partial charge in [0, 0.05) is 23.2 Å². The Kier molecular flexibility index (Phi) is 4.57. The molecule has 0 saturated carbocycles. The van der Waals surface area contributed by atoms with Crippen LogP contribution in [0.15, 0.2) is 46.9 Å². The summed E-state index contributed by atoms with van der Waals surface area (Å²) in [5.41, 5.74) is 1.51. The van der Waals surface area contributed by atoms with E-state index < -0.39 is 4.92 Å². The van der Waals surface area contributed by atoms with E-state index in [1.165, 1.54) is 13.2 Å². The van der Waals surface area contributed by atoms with Crippen molar-refractivity contribution in [3.8, 4) is 5.75 Å². The van der Waals surface area contributed by atoms with Crippen LogP contribution in [0.25, 0.3) is 0 Å². The number of ether oxygens (including phenoxy) is 1. The molecule has 0 bridgehead atoms. The highest BCUT2D eigenvalue weighted by Gasteiger charge is 2.14. The molecule has 0 aliphatic heterocycles. The number of nitro benzene ring substituents is 1. The van der Waals surface area contributed by atoms with Gasteiger partial charge in [0.1, 0.15) is 11.4 Å². The summed E-state index contributed by atoms with van der Waals surface area (Å²) in [6.45, 7) is 0.501. The van der Waals surface area contributed by atoms with E-state index in [2.05, 4.69) is 21.2 Å². The van der Waals surface area contributed by atoms with Gasteiger partial charge in [-0.15, -0.1) is 0 Å². The summed E-state index contributed by atoms with van der Waals surface area (Å²) in [6, 6.07) is 12.4. The lowest BCUT2D eigenvalue weighted by atomic mass is 10.2. The van der Waals surface area contributed by atoms with Crippen molar-refractivity contribution in [3.05, 3.63) is 62.6 Å². The van der Waals surface area contributed by atoms with E-state index >= 15 is 0 Å². The molecule has 5 nitrogen and oxygen atoms in total. The topological polar surface area (TPSA) is 64.4 Å². The molecule has 0 spiro atoms. The highest BCUT2D eigenvalue weighted by Crippen LogP contribution is 2.29. The minimum Gasteiger partial charge on any atom is -0.497 e. The molecule has 6 heteroatoms. The maximum Gasteiger partial charge on any atom is 0.292 e. The molecule has 0 unspecified atom stereocenters. The first-order valence-corrected chi connectivity index (χ1v) is 6.70. The zero-order valence-corrected chi connectivity index (χ0v) is 12.4. The van der Waals surface area contributed by atoms with Crippen LogP contribution in [0.1, 0.15) is 5.56 Å². The fourth-order valence-electron chi connectivity index (χ4n) is 1.74. The van der Waals surface area contributed by atoms with Crippen LogP contribution >= 0.6 is 15.9 Å². The van der Waals surface area contributed by atoms with Crippen molar-refractivity contribution in [1.82, 2.24) is 0 Å². The van der Waals surface area contributed by atoms with Crippen LogP contribution in [0.5, 0.6) is 5.75 Å². The zero-order valence-electron chi connectivity index (χ0n) is 10.8. The van der Waals surface area contributed by atoms with Crippen molar-refractivity contribution in [2.24, 2.45) is 0 Å². The van der Waals surface area contributed by atoms with Crippen LogP contribution in [-0.4, -0.2) is 12.0 Å². The molecule has 0 aromatic heterocycles. The van der Waals surface area contributed by atoms with Crippen molar-refractivity contribution in [3.63, 3.8) is 0 Å². The van der Waals surface area contributed by atoms with Gasteiger partial charge in [-0.3, -0.25) is 10.1 Å². The fourth-order valence-corrected chi connectivity index (χ4v) is 2.01. The first-order chi connectivity index (χ1) is 9.60. The van der Waals surface area contributed by atoms with Crippen LogP contribution in [-0.2, 0) is 6.54 Å². The van der Waals surface area contributed by atoms with E-state index in [1.807, 2.05) is 24.3 Å². The lowest BCUT2D eigenvalue weighted by molar-refractivity contribution is -0.384. The molecule has 2 aromatic carbocycles. The minimum atomic E-state index is -0.413. The average Bonchev–Trinajstić information content (AvgIpc) is 2.46. The molecule has 0 amide bonds. The number of halogens is 1. The minimum absolute atomic E-state index is 0.0305. The number of rotatable bonds is 5. The molecule has 0 radical (unpaired) electrons. The zero-order chi connectivity index (χ0) is 14.5. The van der Waals surface area contributed by atoms with Gasteiger partial charge in [-0.2, -0.15) is 0 Å². The number of methoxy groups -OCH3 is 1. The van der Waals surface area contributed by atoms with Gasteiger partial charge < -0.3 is 10.1 Å². The van der Waals surface area contributed by atoms with Crippen LogP contribution in [0.3, 0.4) is 0 Å². The predicted octanol–water partition coefficient (Wildman–Crippen LogP) is 3.98. The highest BCUT2D eigenvalue weighted by molar-refractivity contribution is 9.10. The molecule has 2 rings (SSSR count). The maximum atomic E-state index is 11.0. The molecule has 0 saturated heterocycles. The van der Waals surface area contributed by atoms with Crippen molar-refractivity contribution in [2.75, 3.05) is 12.4 Å². The molecule has 20 heavy (non-hydrogen) atoms. The monoisotopic (exact) mass is 336 g/mol. The Balaban J connectivity index is 2.18. The van der Waals surface area contributed by atoms with Crippen LogP contribution in [0.2, 0.25) is 0 Å². The molecule has 0 aliphatic carbocycles. The molecule has 104 valence electrons. The van der Waals surface area contributed by atoms with E-state index in [9.17, 15) is 10.1 Å². The largest absolute Gasteiger partial charge is 0.497 e. The SMILES string of the molecule is COc1ccc([N+](=O)[O-])c(NCc2ccc(Br)cc2)c1. The second-order valence-electron chi connectivity index (χ2n) is 4.12. The third-order valence-corrected chi connectivity index (χ3v) is 3.33. The average molecular weight is 337 g/mol. The summed E-state index contributed by atoms with van der Waals surface area (Å²) >= 11 is 3.36. The number of nitro groups is 1. The van der Waals surface area contributed by atoms with Crippen LogP contribution < -0.4 is 10.1 Å². The molecule has 2 aromatic rings. The first-order valence-electron chi connectivity index (χ1n) is 5.91. The summed E-state index contributed by atoms with van der Waals surface area (Å²) in [5.74, 6) is 0.578.